The summed E-state index contributed by atoms with van der Waals surface area (Å²) in [6.07, 6.45) is 0.222. The van der Waals surface area contributed by atoms with Gasteiger partial charge < -0.3 is 19.8 Å². The molecule has 0 aromatic heterocycles. The number of methoxy groups -OCH3 is 1. The van der Waals surface area contributed by atoms with Crippen LogP contribution in [-0.4, -0.2) is 45.6 Å². The molecule has 0 saturated heterocycles. The van der Waals surface area contributed by atoms with E-state index in [1.54, 1.807) is 0 Å². The van der Waals surface area contributed by atoms with Gasteiger partial charge in [-0.05, 0) is 12.8 Å². The van der Waals surface area contributed by atoms with Gasteiger partial charge >= 0.3 is 43.2 Å². The summed E-state index contributed by atoms with van der Waals surface area (Å²) >= 11 is 0.563. The van der Waals surface area contributed by atoms with E-state index in [0.29, 0.717) is 22.5 Å². The third-order valence-corrected chi connectivity index (χ3v) is 1.45. The molecule has 0 heterocycles. The molecule has 6 nitrogen and oxygen atoms in total. The summed E-state index contributed by atoms with van der Waals surface area (Å²) in [6, 6.07) is 0. The van der Waals surface area contributed by atoms with Crippen LogP contribution in [0.4, 0.5) is 4.79 Å². The summed E-state index contributed by atoms with van der Waals surface area (Å²) in [6.45, 7) is 3.07. The Balaban J connectivity index is -0.000000144. The van der Waals surface area contributed by atoms with E-state index in [1.165, 1.54) is 21.0 Å². The fourth-order valence-electron chi connectivity index (χ4n) is 0. The van der Waals surface area contributed by atoms with Gasteiger partial charge in [-0.25, -0.2) is 0 Å². The monoisotopic (exact) mass is 326 g/mol. The first-order valence-electron chi connectivity index (χ1n) is 4.04. The molecule has 0 unspecified atom stereocenters. The van der Waals surface area contributed by atoms with Crippen LogP contribution in [-0.2, 0) is 14.3 Å². The number of carboxylic acid groups (broad SMARTS) is 2. The van der Waals surface area contributed by atoms with Crippen LogP contribution >= 0.6 is 0 Å². The van der Waals surface area contributed by atoms with Crippen molar-refractivity contribution in [2.75, 3.05) is 7.11 Å². The van der Waals surface area contributed by atoms with Gasteiger partial charge in [-0.3, -0.25) is 0 Å². The van der Waals surface area contributed by atoms with Crippen molar-refractivity contribution in [2.45, 2.75) is 26.7 Å². The van der Waals surface area contributed by atoms with Crippen molar-refractivity contribution in [1.29, 1.82) is 0 Å². The van der Waals surface area contributed by atoms with E-state index in [1.807, 2.05) is 0 Å². The average Bonchev–Trinajstić information content (AvgIpc) is 2.19. The Kier molecular flexibility index (Phi) is 20.6. The van der Waals surface area contributed by atoms with Crippen LogP contribution in [0.5, 0.6) is 0 Å². The zero-order valence-corrected chi connectivity index (χ0v) is 12.2. The molecule has 0 saturated carbocycles. The predicted octanol–water partition coefficient (Wildman–Crippen LogP) is -2.05. The molecule has 0 atom stereocenters. The molecule has 0 aliphatic rings. The van der Waals surface area contributed by atoms with Crippen molar-refractivity contribution in [1.82, 2.24) is 0 Å². The SMILES string of the molecule is CCC(=O)[O-].CCC(=O)[O-].CO[C](=O)[SnH+2]. The summed E-state index contributed by atoms with van der Waals surface area (Å²) in [5.74, 6) is -1.99. The van der Waals surface area contributed by atoms with Crippen LogP contribution in [0.15, 0.2) is 0 Å². The maximum absolute atomic E-state index is 9.65. The maximum atomic E-state index is 9.65. The molecular weight excluding hydrogens is 311 g/mol. The second kappa shape index (κ2) is 15.7. The van der Waals surface area contributed by atoms with Crippen molar-refractivity contribution in [3.63, 3.8) is 0 Å². The molecule has 0 amide bonds. The zero-order chi connectivity index (χ0) is 12.9. The quantitative estimate of drug-likeness (QED) is 0.541. The fourth-order valence-corrected chi connectivity index (χ4v) is 0. The second-order valence-corrected chi connectivity index (χ2v) is 3.32. The summed E-state index contributed by atoms with van der Waals surface area (Å²) in [4.78, 5) is 28.2. The van der Waals surface area contributed by atoms with Gasteiger partial charge in [0.05, 0.1) is 0 Å². The average molecular weight is 325 g/mol. The fraction of sp³-hybridized carbons (Fsp3) is 0.625. The number of ether oxygens (including phenoxy) is 1. The molecule has 0 rings (SSSR count). The van der Waals surface area contributed by atoms with Crippen molar-refractivity contribution in [2.24, 2.45) is 0 Å². The molecule has 0 aliphatic carbocycles. The first-order chi connectivity index (χ1) is 6.81. The standard InChI is InChI=1S/2C3H6O2.C2H3O2.Sn.H/c2*1-2-3(4)5;1-4-2-3;;/h2*2H2,1H3,(H,4,5);1H3;;/q;;;+2;/p-2. The topological polar surface area (TPSA) is 107 Å². The molecule has 0 aromatic carbocycles. The van der Waals surface area contributed by atoms with Crippen LogP contribution < -0.4 is 10.2 Å². The first kappa shape index (κ1) is 19.7. The molecule has 0 spiro atoms. The molecule has 0 radical (unpaired) electrons. The van der Waals surface area contributed by atoms with Gasteiger partial charge in [0, 0.05) is 11.9 Å². The Bertz CT molecular complexity index is 158. The van der Waals surface area contributed by atoms with Crippen molar-refractivity contribution in [3.05, 3.63) is 0 Å². The number of aliphatic carboxylic acids is 2. The second-order valence-electron chi connectivity index (χ2n) is 1.97. The van der Waals surface area contributed by atoms with E-state index in [9.17, 15) is 24.6 Å². The van der Waals surface area contributed by atoms with E-state index >= 15 is 0 Å². The number of carboxylic acids is 2. The minimum absolute atomic E-state index is 0.111. The molecule has 86 valence electrons. The van der Waals surface area contributed by atoms with Crippen LogP contribution in [0.3, 0.4) is 0 Å². The van der Waals surface area contributed by atoms with Crippen molar-refractivity contribution in [3.8, 4) is 0 Å². The van der Waals surface area contributed by atoms with Crippen LogP contribution in [0.2, 0.25) is 0 Å². The Morgan fingerprint density at radius 2 is 1.20 bits per heavy atom. The van der Waals surface area contributed by atoms with Crippen LogP contribution in [0, 0.1) is 0 Å². The summed E-state index contributed by atoms with van der Waals surface area (Å²) in [5.41, 5.74) is 0. The Morgan fingerprint density at radius 3 is 1.20 bits per heavy atom. The van der Waals surface area contributed by atoms with Gasteiger partial charge in [-0.15, -0.1) is 0 Å². The number of hydrogen-bond donors (Lipinski definition) is 0. The van der Waals surface area contributed by atoms with E-state index in [2.05, 4.69) is 4.74 Å². The molecule has 0 aliphatic heterocycles. The van der Waals surface area contributed by atoms with Gasteiger partial charge in [-0.2, -0.15) is 0 Å². The molecule has 0 fully saturated rings. The van der Waals surface area contributed by atoms with Gasteiger partial charge in [0.25, 0.3) is 0 Å². The van der Waals surface area contributed by atoms with Crippen LogP contribution in [0.25, 0.3) is 0 Å². The Labute approximate surface area is 102 Å². The minimum atomic E-state index is -0.995. The zero-order valence-electron chi connectivity index (χ0n) is 8.94. The first-order valence-corrected chi connectivity index (χ1v) is 5.69. The van der Waals surface area contributed by atoms with Gasteiger partial charge in [0.1, 0.15) is 0 Å². The van der Waals surface area contributed by atoms with E-state index in [-0.39, 0.29) is 16.8 Å². The molecule has 0 aromatic rings. The summed E-state index contributed by atoms with van der Waals surface area (Å²) in [7, 11) is 1.38. The van der Waals surface area contributed by atoms with E-state index in [0.717, 1.165) is 0 Å². The summed E-state index contributed by atoms with van der Waals surface area (Å²) in [5, 5.41) is 18.5. The van der Waals surface area contributed by atoms with Crippen molar-refractivity contribution < 1.29 is 29.3 Å². The number of carbonyl (C=O) groups excluding carboxylic acids is 3. The van der Waals surface area contributed by atoms with E-state index < -0.39 is 11.9 Å². The molecule has 15 heavy (non-hydrogen) atoms. The Hall–Kier alpha value is -0.791. The van der Waals surface area contributed by atoms with Crippen LogP contribution in [0.1, 0.15) is 26.7 Å². The number of rotatable bonds is 2. The third-order valence-electron chi connectivity index (χ3n) is 0.779. The van der Waals surface area contributed by atoms with Gasteiger partial charge in [0.15, 0.2) is 0 Å². The van der Waals surface area contributed by atoms with Gasteiger partial charge in [0.2, 0.25) is 0 Å². The van der Waals surface area contributed by atoms with Crippen molar-refractivity contribution >= 4 is 38.4 Å². The third kappa shape index (κ3) is 61.2. The summed E-state index contributed by atoms with van der Waals surface area (Å²) < 4.78 is 4.05. The number of hydrogen-bond acceptors (Lipinski definition) is 6. The Morgan fingerprint density at radius 1 is 1.07 bits per heavy atom. The molecule has 0 bridgehead atoms. The molecule has 7 heteroatoms. The number of carbonyl (C=O) groups is 3. The van der Waals surface area contributed by atoms with E-state index in [4.69, 9.17) is 0 Å². The normalized spacial score (nSPS) is 7.07. The predicted molar refractivity (Wildman–Crippen MR) is 50.2 cm³/mol. The van der Waals surface area contributed by atoms with Gasteiger partial charge in [-0.1, -0.05) is 13.8 Å². The molecular formula is C8H14O6Sn. The molecule has 0 N–H and O–H groups in total.